The van der Waals surface area contributed by atoms with E-state index in [0.717, 1.165) is 11.6 Å². The Morgan fingerprint density at radius 3 is 2.43 bits per heavy atom. The van der Waals surface area contributed by atoms with Gasteiger partial charge in [-0.25, -0.2) is 8.78 Å². The SMILES string of the molecule is CC(C)N1C(=O)[C@H](NC(=O)[C@@H](Cc2ccccc2F)NC(=O)c2ccc(F)cc2C(F)(F)F)CCc2cc(Cl)ccc21. The molecular formula is C30H27ClF5N3O3. The monoisotopic (exact) mass is 607 g/mol. The average molecular weight is 608 g/mol. The zero-order valence-electron chi connectivity index (χ0n) is 22.6. The first kappa shape index (κ1) is 31.0. The summed E-state index contributed by atoms with van der Waals surface area (Å²) in [6.07, 6.45) is -4.97. The van der Waals surface area contributed by atoms with Crippen LogP contribution in [-0.4, -0.2) is 35.8 Å². The molecule has 0 unspecified atom stereocenters. The van der Waals surface area contributed by atoms with E-state index in [2.05, 4.69) is 10.6 Å². The molecule has 1 aliphatic rings. The van der Waals surface area contributed by atoms with Gasteiger partial charge in [-0.1, -0.05) is 29.8 Å². The minimum absolute atomic E-state index is 0.00569. The molecule has 0 aliphatic carbocycles. The van der Waals surface area contributed by atoms with Crippen molar-refractivity contribution in [1.29, 1.82) is 0 Å². The first-order chi connectivity index (χ1) is 19.8. The number of rotatable bonds is 7. The summed E-state index contributed by atoms with van der Waals surface area (Å²) in [5.74, 6) is -4.58. The number of fused-ring (bicyclic) bond motifs is 1. The first-order valence-electron chi connectivity index (χ1n) is 13.1. The van der Waals surface area contributed by atoms with E-state index in [1.54, 1.807) is 32.0 Å². The summed E-state index contributed by atoms with van der Waals surface area (Å²) in [7, 11) is 0. The molecule has 3 aromatic rings. The second-order valence-electron chi connectivity index (χ2n) is 10.2. The lowest BCUT2D eigenvalue weighted by Crippen LogP contribution is -2.55. The molecule has 0 bridgehead atoms. The third-order valence-electron chi connectivity index (χ3n) is 6.91. The molecule has 4 rings (SSSR count). The number of amides is 3. The van der Waals surface area contributed by atoms with Crippen LogP contribution < -0.4 is 15.5 Å². The number of carbonyl (C=O) groups is 3. The van der Waals surface area contributed by atoms with Crippen LogP contribution in [0.3, 0.4) is 0 Å². The summed E-state index contributed by atoms with van der Waals surface area (Å²) in [5.41, 5.74) is -1.03. The predicted molar refractivity (Wildman–Crippen MR) is 147 cm³/mol. The highest BCUT2D eigenvalue weighted by atomic mass is 35.5. The van der Waals surface area contributed by atoms with E-state index in [4.69, 9.17) is 11.6 Å². The topological polar surface area (TPSA) is 78.5 Å². The van der Waals surface area contributed by atoms with Crippen LogP contribution in [0.25, 0.3) is 0 Å². The number of anilines is 1. The van der Waals surface area contributed by atoms with E-state index in [1.165, 1.54) is 23.1 Å². The van der Waals surface area contributed by atoms with E-state index < -0.39 is 65.2 Å². The average Bonchev–Trinajstić information content (AvgIpc) is 3.04. The molecule has 6 nitrogen and oxygen atoms in total. The number of nitrogens with one attached hydrogen (secondary N) is 2. The van der Waals surface area contributed by atoms with Gasteiger partial charge in [-0.2, -0.15) is 13.2 Å². The molecule has 0 saturated carbocycles. The van der Waals surface area contributed by atoms with Crippen molar-refractivity contribution in [2.75, 3.05) is 4.90 Å². The summed E-state index contributed by atoms with van der Waals surface area (Å²) in [4.78, 5) is 41.7. The first-order valence-corrected chi connectivity index (χ1v) is 13.5. The molecule has 0 fully saturated rings. The molecule has 42 heavy (non-hydrogen) atoms. The van der Waals surface area contributed by atoms with Crippen LogP contribution >= 0.6 is 11.6 Å². The van der Waals surface area contributed by atoms with E-state index in [-0.39, 0.29) is 24.1 Å². The van der Waals surface area contributed by atoms with Gasteiger partial charge >= 0.3 is 6.18 Å². The van der Waals surface area contributed by atoms with Crippen molar-refractivity contribution in [3.05, 3.63) is 99.6 Å². The molecule has 0 radical (unpaired) electrons. The molecule has 3 amide bonds. The Morgan fingerprint density at radius 1 is 1.05 bits per heavy atom. The second-order valence-corrected chi connectivity index (χ2v) is 10.6. The highest BCUT2D eigenvalue weighted by Gasteiger charge is 2.38. The Balaban J connectivity index is 1.64. The Bertz CT molecular complexity index is 1510. The number of halogens is 6. The molecule has 0 aromatic heterocycles. The van der Waals surface area contributed by atoms with E-state index in [0.29, 0.717) is 29.3 Å². The maximum atomic E-state index is 14.5. The fraction of sp³-hybridized carbons (Fsp3) is 0.300. The minimum atomic E-state index is -5.07. The van der Waals surface area contributed by atoms with Crippen LogP contribution in [0.4, 0.5) is 27.6 Å². The largest absolute Gasteiger partial charge is 0.417 e. The van der Waals surface area contributed by atoms with Crippen LogP contribution in [0.15, 0.2) is 60.7 Å². The van der Waals surface area contributed by atoms with Crippen LogP contribution in [0.1, 0.15) is 47.3 Å². The molecule has 222 valence electrons. The molecule has 3 aromatic carbocycles. The Morgan fingerprint density at radius 2 is 1.76 bits per heavy atom. The summed E-state index contributed by atoms with van der Waals surface area (Å²) < 4.78 is 68.9. The van der Waals surface area contributed by atoms with E-state index >= 15 is 0 Å². The van der Waals surface area contributed by atoms with Gasteiger partial charge in [0, 0.05) is 23.2 Å². The third-order valence-corrected chi connectivity index (χ3v) is 7.14. The maximum Gasteiger partial charge on any atom is 0.417 e. The number of hydrogen-bond donors (Lipinski definition) is 2. The lowest BCUT2D eigenvalue weighted by Gasteiger charge is -2.30. The lowest BCUT2D eigenvalue weighted by molar-refractivity contribution is -0.138. The molecule has 1 heterocycles. The smallest absolute Gasteiger partial charge is 0.342 e. The van der Waals surface area contributed by atoms with Gasteiger partial charge in [-0.15, -0.1) is 0 Å². The molecule has 0 spiro atoms. The van der Waals surface area contributed by atoms with Crippen molar-refractivity contribution in [3.8, 4) is 0 Å². The van der Waals surface area contributed by atoms with Gasteiger partial charge in [0.25, 0.3) is 5.91 Å². The standard InChI is InChI=1S/C30H27ClF5N3O3/c1-16(2)39-26-12-8-19(31)13-18(26)7-11-24(29(39)42)37-28(41)25(14-17-5-3-4-6-23(17)33)38-27(40)21-10-9-20(32)15-22(21)30(34,35)36/h3-6,8-10,12-13,15-16,24-25H,7,11,14H2,1-2H3,(H,37,41)(H,38,40)/t24-,25-/m1/s1. The Labute approximate surface area is 243 Å². The zero-order valence-corrected chi connectivity index (χ0v) is 23.3. The quantitative estimate of drug-likeness (QED) is 0.331. The van der Waals surface area contributed by atoms with Crippen molar-refractivity contribution in [2.24, 2.45) is 0 Å². The Kier molecular flexibility index (Phi) is 9.20. The number of benzene rings is 3. The van der Waals surface area contributed by atoms with Crippen LogP contribution in [0.2, 0.25) is 5.02 Å². The number of hydrogen-bond acceptors (Lipinski definition) is 3. The number of aryl methyl sites for hydroxylation is 1. The molecule has 0 saturated heterocycles. The van der Waals surface area contributed by atoms with Gasteiger partial charge in [0.2, 0.25) is 11.8 Å². The fourth-order valence-electron chi connectivity index (χ4n) is 4.92. The highest BCUT2D eigenvalue weighted by Crippen LogP contribution is 2.33. The van der Waals surface area contributed by atoms with Crippen LogP contribution in [-0.2, 0) is 28.6 Å². The van der Waals surface area contributed by atoms with Crippen molar-refractivity contribution in [1.82, 2.24) is 10.6 Å². The maximum absolute atomic E-state index is 14.5. The van der Waals surface area contributed by atoms with Gasteiger partial charge in [-0.05, 0) is 80.3 Å². The van der Waals surface area contributed by atoms with Crippen molar-refractivity contribution >= 4 is 35.0 Å². The van der Waals surface area contributed by atoms with Crippen LogP contribution in [0, 0.1) is 11.6 Å². The molecule has 1 aliphatic heterocycles. The lowest BCUT2D eigenvalue weighted by atomic mass is 10.0. The van der Waals surface area contributed by atoms with Crippen molar-refractivity contribution < 1.29 is 36.3 Å². The molecule has 2 N–H and O–H groups in total. The van der Waals surface area contributed by atoms with E-state index in [1.807, 2.05) is 0 Å². The third kappa shape index (κ3) is 6.89. The normalized spacial score (nSPS) is 16.1. The van der Waals surface area contributed by atoms with Gasteiger partial charge in [-0.3, -0.25) is 14.4 Å². The molecular weight excluding hydrogens is 581 g/mol. The minimum Gasteiger partial charge on any atom is -0.342 e. The van der Waals surface area contributed by atoms with Gasteiger partial charge in [0.1, 0.15) is 23.7 Å². The Hall–Kier alpha value is -3.99. The van der Waals surface area contributed by atoms with Gasteiger partial charge < -0.3 is 15.5 Å². The number of alkyl halides is 3. The molecule has 12 heteroatoms. The summed E-state index contributed by atoms with van der Waals surface area (Å²) in [5, 5.41) is 5.32. The summed E-state index contributed by atoms with van der Waals surface area (Å²) >= 11 is 6.16. The predicted octanol–water partition coefficient (Wildman–Crippen LogP) is 5.85. The number of nitrogens with zero attached hydrogens (tertiary/aromatic N) is 1. The highest BCUT2D eigenvalue weighted by molar-refractivity contribution is 6.30. The van der Waals surface area contributed by atoms with Gasteiger partial charge in [0.15, 0.2) is 0 Å². The summed E-state index contributed by atoms with van der Waals surface area (Å²) in [6.45, 7) is 3.59. The fourth-order valence-corrected chi connectivity index (χ4v) is 5.11. The summed E-state index contributed by atoms with van der Waals surface area (Å²) in [6, 6.07) is 9.05. The van der Waals surface area contributed by atoms with Crippen molar-refractivity contribution in [3.63, 3.8) is 0 Å². The van der Waals surface area contributed by atoms with Crippen LogP contribution in [0.5, 0.6) is 0 Å². The molecule has 2 atom stereocenters. The van der Waals surface area contributed by atoms with Gasteiger partial charge in [0.05, 0.1) is 11.1 Å². The second kappa shape index (κ2) is 12.5. The van der Waals surface area contributed by atoms with E-state index in [9.17, 15) is 36.3 Å². The number of carbonyl (C=O) groups excluding carboxylic acids is 3. The van der Waals surface area contributed by atoms with Crippen molar-refractivity contribution in [2.45, 2.75) is 57.4 Å². The zero-order chi connectivity index (χ0) is 30.8.